The van der Waals surface area contributed by atoms with E-state index in [1.165, 1.54) is 11.3 Å². The highest BCUT2D eigenvalue weighted by atomic mass is 16.6. The summed E-state index contributed by atoms with van der Waals surface area (Å²) in [7, 11) is 1.68. The molecule has 1 aromatic carbocycles. The minimum atomic E-state index is -0.528. The zero-order valence-electron chi connectivity index (χ0n) is 19.5. The van der Waals surface area contributed by atoms with Crippen molar-refractivity contribution < 1.29 is 19.4 Å². The van der Waals surface area contributed by atoms with Crippen molar-refractivity contribution in [2.24, 2.45) is 23.2 Å². The number of aliphatic hydroxyl groups is 1. The Morgan fingerprint density at radius 2 is 1.91 bits per heavy atom. The van der Waals surface area contributed by atoms with E-state index in [-0.39, 0.29) is 29.3 Å². The summed E-state index contributed by atoms with van der Waals surface area (Å²) in [6.45, 7) is 8.79. The lowest BCUT2D eigenvalue weighted by molar-refractivity contribution is -0.145. The van der Waals surface area contributed by atoms with Crippen molar-refractivity contribution in [2.45, 2.75) is 45.3 Å². The average molecular weight is 441 g/mol. The maximum Gasteiger partial charge on any atom is 0.311 e. The Balaban J connectivity index is 1.25. The van der Waals surface area contributed by atoms with E-state index in [9.17, 15) is 9.90 Å². The summed E-state index contributed by atoms with van der Waals surface area (Å²) in [5, 5.41) is 11.5. The van der Waals surface area contributed by atoms with E-state index in [1.54, 1.807) is 7.11 Å². The highest BCUT2D eigenvalue weighted by Crippen LogP contribution is 2.56. The van der Waals surface area contributed by atoms with Crippen molar-refractivity contribution >= 4 is 11.7 Å². The van der Waals surface area contributed by atoms with Crippen molar-refractivity contribution in [3.63, 3.8) is 0 Å². The van der Waals surface area contributed by atoms with Gasteiger partial charge >= 0.3 is 5.97 Å². The highest BCUT2D eigenvalue weighted by molar-refractivity contribution is 5.76. The molecule has 32 heavy (non-hydrogen) atoms. The monoisotopic (exact) mass is 440 g/mol. The summed E-state index contributed by atoms with van der Waals surface area (Å²) in [5.74, 6) is 0.821. The molecule has 2 heterocycles. The molecular weight excluding hydrogens is 404 g/mol. The van der Waals surface area contributed by atoms with Crippen LogP contribution in [0.2, 0.25) is 0 Å². The van der Waals surface area contributed by atoms with Crippen molar-refractivity contribution in [1.29, 1.82) is 0 Å². The number of aliphatic hydroxyl groups excluding tert-OH is 1. The molecule has 3 fully saturated rings. The molecule has 0 bridgehead atoms. The van der Waals surface area contributed by atoms with Gasteiger partial charge in [-0.3, -0.25) is 9.69 Å². The Morgan fingerprint density at radius 3 is 2.59 bits per heavy atom. The fourth-order valence-corrected chi connectivity index (χ4v) is 6.53. The lowest BCUT2D eigenvalue weighted by Crippen LogP contribution is -2.55. The Morgan fingerprint density at radius 1 is 1.19 bits per heavy atom. The first-order valence-electron chi connectivity index (χ1n) is 12.1. The van der Waals surface area contributed by atoms with E-state index in [2.05, 4.69) is 41.9 Å². The van der Waals surface area contributed by atoms with Gasteiger partial charge in [-0.2, -0.15) is 0 Å². The minimum Gasteiger partial charge on any atom is -0.497 e. The molecule has 0 aromatic heterocycles. The number of anilines is 1. The first kappa shape index (κ1) is 21.8. The molecule has 5 rings (SSSR count). The number of allylic oxidation sites excluding steroid dienone is 1. The topological polar surface area (TPSA) is 62.2 Å². The summed E-state index contributed by atoms with van der Waals surface area (Å²) in [6.07, 6.45) is 4.54. The van der Waals surface area contributed by atoms with Gasteiger partial charge in [-0.15, -0.1) is 0 Å². The molecule has 174 valence electrons. The highest BCUT2D eigenvalue weighted by Gasteiger charge is 2.59. The predicted molar refractivity (Wildman–Crippen MR) is 124 cm³/mol. The van der Waals surface area contributed by atoms with Gasteiger partial charge in [-0.05, 0) is 43.0 Å². The van der Waals surface area contributed by atoms with Gasteiger partial charge in [0.15, 0.2) is 0 Å². The molecule has 6 nitrogen and oxygen atoms in total. The zero-order chi connectivity index (χ0) is 22.5. The van der Waals surface area contributed by atoms with Crippen LogP contribution >= 0.6 is 0 Å². The van der Waals surface area contributed by atoms with Crippen LogP contribution in [0.15, 0.2) is 35.9 Å². The molecular formula is C26H36N2O4. The van der Waals surface area contributed by atoms with Crippen LogP contribution in [0.4, 0.5) is 5.69 Å². The molecule has 3 unspecified atom stereocenters. The van der Waals surface area contributed by atoms with Gasteiger partial charge in [-0.1, -0.05) is 25.5 Å². The van der Waals surface area contributed by atoms with Crippen molar-refractivity contribution in [2.75, 3.05) is 44.7 Å². The van der Waals surface area contributed by atoms with Crippen LogP contribution in [0.1, 0.15) is 33.1 Å². The normalized spacial score (nSPS) is 37.4. The van der Waals surface area contributed by atoms with Crippen LogP contribution in [0, 0.1) is 23.2 Å². The maximum absolute atomic E-state index is 12.9. The number of methoxy groups -OCH3 is 1. The number of benzene rings is 1. The Hall–Kier alpha value is -2.05. The Bertz CT molecular complexity index is 876. The lowest BCUT2D eigenvalue weighted by Gasteiger charge is -2.52. The van der Waals surface area contributed by atoms with Gasteiger partial charge in [0.25, 0.3) is 0 Å². The Labute approximate surface area is 191 Å². The zero-order valence-corrected chi connectivity index (χ0v) is 19.5. The number of carbonyl (C=O) groups excluding carboxylic acids is 1. The van der Waals surface area contributed by atoms with Gasteiger partial charge in [0.05, 0.1) is 19.1 Å². The van der Waals surface area contributed by atoms with Gasteiger partial charge in [0.2, 0.25) is 0 Å². The van der Waals surface area contributed by atoms with E-state index >= 15 is 0 Å². The number of hydrogen-bond acceptors (Lipinski definition) is 6. The second-order valence-electron chi connectivity index (χ2n) is 10.3. The molecule has 1 saturated carbocycles. The molecule has 0 amide bonds. The number of ether oxygens (including phenoxy) is 2. The summed E-state index contributed by atoms with van der Waals surface area (Å²) >= 11 is 0. The predicted octanol–water partition coefficient (Wildman–Crippen LogP) is 3.10. The molecule has 2 aliphatic heterocycles. The SMILES string of the molecule is COc1ccc(N2CCN(CC3C(=O)O[C@@H]4CC5=CCCC(C)[C@@]5(C)C(O)[C@H]34)CC2)cc1. The summed E-state index contributed by atoms with van der Waals surface area (Å²) in [6, 6.07) is 8.19. The second-order valence-corrected chi connectivity index (χ2v) is 10.3. The molecule has 1 N–H and O–H groups in total. The molecule has 1 aromatic rings. The molecule has 2 aliphatic carbocycles. The maximum atomic E-state index is 12.9. The first-order chi connectivity index (χ1) is 15.4. The van der Waals surface area contributed by atoms with E-state index in [4.69, 9.17) is 9.47 Å². The lowest BCUT2D eigenvalue weighted by atomic mass is 9.55. The molecule has 4 aliphatic rings. The van der Waals surface area contributed by atoms with Crippen LogP contribution < -0.4 is 9.64 Å². The van der Waals surface area contributed by atoms with Crippen LogP contribution in [0.25, 0.3) is 0 Å². The van der Waals surface area contributed by atoms with Crippen LogP contribution in [-0.2, 0) is 9.53 Å². The number of hydrogen-bond donors (Lipinski definition) is 1. The molecule has 0 spiro atoms. The first-order valence-corrected chi connectivity index (χ1v) is 12.1. The quantitative estimate of drug-likeness (QED) is 0.574. The van der Waals surface area contributed by atoms with Gasteiger partial charge in [0.1, 0.15) is 11.9 Å². The molecule has 6 atom stereocenters. The fraction of sp³-hybridized carbons (Fsp3) is 0.654. The smallest absolute Gasteiger partial charge is 0.311 e. The molecule has 2 saturated heterocycles. The third-order valence-electron chi connectivity index (χ3n) is 8.84. The minimum absolute atomic E-state index is 0.107. The fourth-order valence-electron chi connectivity index (χ4n) is 6.53. The largest absolute Gasteiger partial charge is 0.497 e. The summed E-state index contributed by atoms with van der Waals surface area (Å²) in [5.41, 5.74) is 2.26. The number of rotatable bonds is 4. The standard InChI is InChI=1S/C26H36N2O4/c1-17-5-4-6-18-15-22-23(24(29)26(17,18)2)21(25(30)32-22)16-27-11-13-28(14-12-27)19-7-9-20(31-3)10-8-19/h6-10,17,21-24,29H,4-5,11-16H2,1-3H3/t17?,21?,22-,23-,24?,26-/m1/s1. The van der Waals surface area contributed by atoms with Crippen LogP contribution in [-0.4, -0.2) is 68.0 Å². The second kappa shape index (κ2) is 8.38. The number of fused-ring (bicyclic) bond motifs is 2. The van der Waals surface area contributed by atoms with Crippen molar-refractivity contribution in [3.8, 4) is 5.75 Å². The molecule has 6 heteroatoms. The third kappa shape index (κ3) is 3.52. The van der Waals surface area contributed by atoms with E-state index in [0.29, 0.717) is 12.5 Å². The third-order valence-corrected chi connectivity index (χ3v) is 8.84. The van der Waals surface area contributed by atoms with Crippen molar-refractivity contribution in [3.05, 3.63) is 35.9 Å². The molecule has 0 radical (unpaired) electrons. The number of nitrogens with zero attached hydrogens (tertiary/aromatic N) is 2. The van der Waals surface area contributed by atoms with E-state index in [1.807, 2.05) is 12.1 Å². The number of carbonyl (C=O) groups is 1. The number of esters is 1. The Kier molecular flexibility index (Phi) is 5.70. The van der Waals surface area contributed by atoms with Crippen molar-refractivity contribution in [1.82, 2.24) is 4.90 Å². The van der Waals surface area contributed by atoms with Crippen LogP contribution in [0.5, 0.6) is 5.75 Å². The van der Waals surface area contributed by atoms with Crippen LogP contribution in [0.3, 0.4) is 0 Å². The number of piperazine rings is 1. The van der Waals surface area contributed by atoms with Gasteiger partial charge in [-0.25, -0.2) is 0 Å². The summed E-state index contributed by atoms with van der Waals surface area (Å²) < 4.78 is 11.1. The average Bonchev–Trinajstić information content (AvgIpc) is 3.11. The van der Waals surface area contributed by atoms with Gasteiger partial charge in [0, 0.05) is 56.2 Å². The summed E-state index contributed by atoms with van der Waals surface area (Å²) in [4.78, 5) is 17.6. The van der Waals surface area contributed by atoms with E-state index in [0.717, 1.165) is 51.2 Å². The van der Waals surface area contributed by atoms with E-state index < -0.39 is 6.10 Å². The van der Waals surface area contributed by atoms with Gasteiger partial charge < -0.3 is 19.5 Å².